The number of carbonyl (C=O) groups is 1. The van der Waals surface area contributed by atoms with Crippen molar-refractivity contribution in [2.75, 3.05) is 30.0 Å². The number of fused-ring (bicyclic) bond motifs is 2. The SMILES string of the molecule is CCCN1c2cc(F)c(I)cc2NC(=O)C2COCC21. The van der Waals surface area contributed by atoms with Crippen LogP contribution in [-0.2, 0) is 9.53 Å². The van der Waals surface area contributed by atoms with E-state index >= 15 is 0 Å². The summed E-state index contributed by atoms with van der Waals surface area (Å²) in [4.78, 5) is 14.4. The van der Waals surface area contributed by atoms with E-state index in [1.54, 1.807) is 6.07 Å². The summed E-state index contributed by atoms with van der Waals surface area (Å²) < 4.78 is 19.9. The fourth-order valence-electron chi connectivity index (χ4n) is 2.91. The molecule has 0 spiro atoms. The summed E-state index contributed by atoms with van der Waals surface area (Å²) in [6.45, 7) is 3.82. The molecule has 0 saturated carbocycles. The Hall–Kier alpha value is -0.890. The molecule has 108 valence electrons. The van der Waals surface area contributed by atoms with E-state index < -0.39 is 0 Å². The number of hydrogen-bond donors (Lipinski definition) is 1. The summed E-state index contributed by atoms with van der Waals surface area (Å²) >= 11 is 1.94. The molecule has 2 heterocycles. The number of amides is 1. The Bertz CT molecular complexity index is 552. The molecule has 4 nitrogen and oxygen atoms in total. The van der Waals surface area contributed by atoms with Gasteiger partial charge in [-0.2, -0.15) is 0 Å². The van der Waals surface area contributed by atoms with Gasteiger partial charge in [0.1, 0.15) is 5.82 Å². The van der Waals surface area contributed by atoms with Crippen molar-refractivity contribution in [1.82, 2.24) is 0 Å². The lowest BCUT2D eigenvalue weighted by atomic mass is 10.0. The van der Waals surface area contributed by atoms with Crippen molar-refractivity contribution in [2.24, 2.45) is 5.92 Å². The fourth-order valence-corrected chi connectivity index (χ4v) is 3.37. The Labute approximate surface area is 130 Å². The van der Waals surface area contributed by atoms with Gasteiger partial charge in [-0.05, 0) is 35.1 Å². The van der Waals surface area contributed by atoms with Crippen LogP contribution in [0, 0.1) is 15.3 Å². The number of rotatable bonds is 2. The van der Waals surface area contributed by atoms with Gasteiger partial charge in [0.15, 0.2) is 0 Å². The van der Waals surface area contributed by atoms with E-state index in [4.69, 9.17) is 4.74 Å². The van der Waals surface area contributed by atoms with E-state index in [0.29, 0.717) is 22.5 Å². The second kappa shape index (κ2) is 5.48. The molecule has 1 fully saturated rings. The Morgan fingerprint density at radius 2 is 2.30 bits per heavy atom. The molecule has 3 rings (SSSR count). The minimum Gasteiger partial charge on any atom is -0.378 e. The van der Waals surface area contributed by atoms with Crippen LogP contribution in [-0.4, -0.2) is 31.7 Å². The standard InChI is InChI=1S/C14H16FIN2O2/c1-2-3-18-12-4-9(15)10(16)5-11(12)17-14(19)8-6-20-7-13(8)18/h4-5,8,13H,2-3,6-7H2,1H3,(H,17,19). The van der Waals surface area contributed by atoms with Gasteiger partial charge < -0.3 is 15.0 Å². The summed E-state index contributed by atoms with van der Waals surface area (Å²) in [7, 11) is 0. The molecule has 2 atom stereocenters. The molecular formula is C14H16FIN2O2. The van der Waals surface area contributed by atoms with Crippen LogP contribution >= 0.6 is 22.6 Å². The number of nitrogens with one attached hydrogen (secondary N) is 1. The van der Waals surface area contributed by atoms with Gasteiger partial charge in [-0.1, -0.05) is 6.92 Å². The first-order chi connectivity index (χ1) is 9.61. The van der Waals surface area contributed by atoms with Gasteiger partial charge in [-0.3, -0.25) is 4.79 Å². The predicted molar refractivity (Wildman–Crippen MR) is 83.5 cm³/mol. The van der Waals surface area contributed by atoms with Crippen molar-refractivity contribution in [2.45, 2.75) is 19.4 Å². The van der Waals surface area contributed by atoms with Crippen molar-refractivity contribution in [3.8, 4) is 0 Å². The summed E-state index contributed by atoms with van der Waals surface area (Å²) in [5.41, 5.74) is 1.46. The lowest BCUT2D eigenvalue weighted by Gasteiger charge is -2.31. The smallest absolute Gasteiger partial charge is 0.232 e. The number of ether oxygens (including phenoxy) is 1. The molecule has 2 aliphatic heterocycles. The first-order valence-electron chi connectivity index (χ1n) is 6.76. The Balaban J connectivity index is 2.11. The molecule has 6 heteroatoms. The van der Waals surface area contributed by atoms with E-state index in [-0.39, 0.29) is 23.7 Å². The highest BCUT2D eigenvalue weighted by Crippen LogP contribution is 2.37. The molecule has 0 aliphatic carbocycles. The van der Waals surface area contributed by atoms with Gasteiger partial charge in [0.25, 0.3) is 0 Å². The molecule has 1 aromatic rings. The molecule has 1 amide bonds. The lowest BCUT2D eigenvalue weighted by Crippen LogP contribution is -2.43. The Morgan fingerprint density at radius 1 is 1.50 bits per heavy atom. The third kappa shape index (κ3) is 2.28. The van der Waals surface area contributed by atoms with Gasteiger partial charge in [-0.15, -0.1) is 0 Å². The van der Waals surface area contributed by atoms with Gasteiger partial charge in [0, 0.05) is 12.6 Å². The van der Waals surface area contributed by atoms with Crippen LogP contribution in [0.5, 0.6) is 0 Å². The normalized spacial score (nSPS) is 24.9. The van der Waals surface area contributed by atoms with Crippen molar-refractivity contribution in [3.63, 3.8) is 0 Å². The maximum absolute atomic E-state index is 13.9. The zero-order valence-electron chi connectivity index (χ0n) is 11.2. The van der Waals surface area contributed by atoms with Crippen LogP contribution in [0.1, 0.15) is 13.3 Å². The second-order valence-corrected chi connectivity index (χ2v) is 6.34. The van der Waals surface area contributed by atoms with E-state index in [9.17, 15) is 9.18 Å². The molecule has 0 radical (unpaired) electrons. The quantitative estimate of drug-likeness (QED) is 0.790. The molecule has 2 unspecified atom stereocenters. The van der Waals surface area contributed by atoms with Crippen LogP contribution in [0.4, 0.5) is 15.8 Å². The summed E-state index contributed by atoms with van der Waals surface area (Å²) in [5.74, 6) is -0.471. The number of halogens is 2. The largest absolute Gasteiger partial charge is 0.378 e. The number of nitrogens with zero attached hydrogens (tertiary/aromatic N) is 1. The lowest BCUT2D eigenvalue weighted by molar-refractivity contribution is -0.120. The highest BCUT2D eigenvalue weighted by Gasteiger charge is 2.41. The minimum absolute atomic E-state index is 0.00402. The molecule has 1 saturated heterocycles. The molecule has 2 aliphatic rings. The Morgan fingerprint density at radius 3 is 3.05 bits per heavy atom. The topological polar surface area (TPSA) is 41.6 Å². The number of hydrogen-bond acceptors (Lipinski definition) is 3. The van der Waals surface area contributed by atoms with Crippen LogP contribution in [0.3, 0.4) is 0 Å². The number of anilines is 2. The maximum Gasteiger partial charge on any atom is 0.232 e. The van der Waals surface area contributed by atoms with Crippen LogP contribution < -0.4 is 10.2 Å². The summed E-state index contributed by atoms with van der Waals surface area (Å²) in [5, 5.41) is 2.92. The number of benzene rings is 1. The average Bonchev–Trinajstić information content (AvgIpc) is 2.86. The highest BCUT2D eigenvalue weighted by molar-refractivity contribution is 14.1. The first kappa shape index (κ1) is 14.1. The molecule has 0 bridgehead atoms. The summed E-state index contributed by atoms with van der Waals surface area (Å²) in [6, 6.07) is 3.22. The molecule has 1 aromatic carbocycles. The third-order valence-electron chi connectivity index (χ3n) is 3.86. The van der Waals surface area contributed by atoms with Gasteiger partial charge in [0.05, 0.1) is 40.1 Å². The zero-order chi connectivity index (χ0) is 14.3. The van der Waals surface area contributed by atoms with Crippen LogP contribution in [0.2, 0.25) is 0 Å². The van der Waals surface area contributed by atoms with Crippen LogP contribution in [0.15, 0.2) is 12.1 Å². The van der Waals surface area contributed by atoms with E-state index in [1.165, 1.54) is 6.07 Å². The second-order valence-electron chi connectivity index (χ2n) is 5.18. The van der Waals surface area contributed by atoms with E-state index in [0.717, 1.165) is 18.7 Å². The highest BCUT2D eigenvalue weighted by atomic mass is 127. The molecular weight excluding hydrogens is 374 g/mol. The average molecular weight is 390 g/mol. The predicted octanol–water partition coefficient (Wildman–Crippen LogP) is 2.61. The molecule has 0 aromatic heterocycles. The van der Waals surface area contributed by atoms with E-state index in [2.05, 4.69) is 17.1 Å². The molecule has 1 N–H and O–H groups in total. The number of carbonyl (C=O) groups excluding carboxylic acids is 1. The van der Waals surface area contributed by atoms with Crippen molar-refractivity contribution in [3.05, 3.63) is 21.5 Å². The van der Waals surface area contributed by atoms with Crippen molar-refractivity contribution < 1.29 is 13.9 Å². The van der Waals surface area contributed by atoms with Gasteiger partial charge in [-0.25, -0.2) is 4.39 Å². The maximum atomic E-state index is 13.9. The van der Waals surface area contributed by atoms with Crippen molar-refractivity contribution in [1.29, 1.82) is 0 Å². The monoisotopic (exact) mass is 390 g/mol. The fraction of sp³-hybridized carbons (Fsp3) is 0.500. The Kier molecular flexibility index (Phi) is 3.85. The van der Waals surface area contributed by atoms with Gasteiger partial charge in [0.2, 0.25) is 5.91 Å². The first-order valence-corrected chi connectivity index (χ1v) is 7.84. The van der Waals surface area contributed by atoms with Gasteiger partial charge >= 0.3 is 0 Å². The third-order valence-corrected chi connectivity index (χ3v) is 4.68. The summed E-state index contributed by atoms with van der Waals surface area (Å²) in [6.07, 6.45) is 0.935. The minimum atomic E-state index is -0.253. The molecule has 20 heavy (non-hydrogen) atoms. The van der Waals surface area contributed by atoms with Crippen LogP contribution in [0.25, 0.3) is 0 Å². The van der Waals surface area contributed by atoms with Crippen molar-refractivity contribution >= 4 is 39.9 Å². The zero-order valence-corrected chi connectivity index (χ0v) is 13.3. The van der Waals surface area contributed by atoms with E-state index in [1.807, 2.05) is 22.6 Å².